The van der Waals surface area contributed by atoms with Crippen LogP contribution in [0.4, 0.5) is 14.9 Å². The molecule has 3 rings (SSSR count). The Bertz CT molecular complexity index is 1050. The minimum absolute atomic E-state index is 0.0591. The lowest BCUT2D eigenvalue weighted by Crippen LogP contribution is -2.55. The third-order valence-corrected chi connectivity index (χ3v) is 6.28. The zero-order chi connectivity index (χ0) is 25.4. The zero-order valence-corrected chi connectivity index (χ0v) is 20.1. The Labute approximate surface area is 208 Å². The van der Waals surface area contributed by atoms with Crippen molar-refractivity contribution in [1.82, 2.24) is 10.6 Å². The smallest absolute Gasteiger partial charge is 0.407 e. The second-order valence-corrected chi connectivity index (χ2v) is 8.73. The van der Waals surface area contributed by atoms with Crippen LogP contribution in [0.25, 0.3) is 0 Å². The van der Waals surface area contributed by atoms with Gasteiger partial charge in [-0.05, 0) is 37.1 Å². The molecule has 188 valence electrons. The molecule has 0 spiro atoms. The molecule has 0 bridgehead atoms. The average molecular weight is 506 g/mol. The molecule has 1 aliphatic carbocycles. The predicted octanol–water partition coefficient (Wildman–Crippen LogP) is 3.72. The molecule has 0 saturated heterocycles. The maximum atomic E-state index is 14.3. The molecule has 2 aromatic rings. The minimum atomic E-state index is -1.46. The Hall–Kier alpha value is -3.17. The molecular formula is C25H29ClFN3O5. The van der Waals surface area contributed by atoms with E-state index in [0.717, 1.165) is 50.2 Å². The molecule has 1 aliphatic rings. The molecule has 3 N–H and O–H groups in total. The fraction of sp³-hybridized carbons (Fsp3) is 0.400. The summed E-state index contributed by atoms with van der Waals surface area (Å²) in [7, 11) is 1.11. The third-order valence-electron chi connectivity index (χ3n) is 5.94. The number of halogens is 2. The SMILES string of the molecule is COC(=O)NC(CO)C(=O)N(c1cccc(F)c1)C(C(=O)NC1CCCCC1)c1ccccc1Cl. The van der Waals surface area contributed by atoms with Gasteiger partial charge in [-0.15, -0.1) is 0 Å². The highest BCUT2D eigenvalue weighted by Gasteiger charge is 2.38. The van der Waals surface area contributed by atoms with Gasteiger partial charge >= 0.3 is 6.09 Å². The number of carbonyl (C=O) groups excluding carboxylic acids is 3. The van der Waals surface area contributed by atoms with E-state index in [1.54, 1.807) is 24.3 Å². The van der Waals surface area contributed by atoms with Crippen molar-refractivity contribution in [3.05, 3.63) is 64.9 Å². The van der Waals surface area contributed by atoms with E-state index in [-0.39, 0.29) is 16.8 Å². The van der Waals surface area contributed by atoms with E-state index < -0.39 is 42.4 Å². The second-order valence-electron chi connectivity index (χ2n) is 8.33. The third kappa shape index (κ3) is 6.70. The zero-order valence-electron chi connectivity index (χ0n) is 19.4. The number of benzene rings is 2. The lowest BCUT2D eigenvalue weighted by Gasteiger charge is -2.35. The van der Waals surface area contributed by atoms with Crippen LogP contribution in [0.2, 0.25) is 5.02 Å². The largest absolute Gasteiger partial charge is 0.453 e. The highest BCUT2D eigenvalue weighted by Crippen LogP contribution is 2.33. The number of alkyl carbamates (subject to hydrolysis) is 1. The highest BCUT2D eigenvalue weighted by atomic mass is 35.5. The van der Waals surface area contributed by atoms with Gasteiger partial charge in [0.2, 0.25) is 5.91 Å². The standard InChI is InChI=1S/C25H29ClFN3O5/c1-35-25(34)29-21(15-31)24(33)30(18-11-7-8-16(27)14-18)22(19-12-5-6-13-20(19)26)23(32)28-17-9-3-2-4-10-17/h5-8,11-14,17,21-22,31H,2-4,9-10,15H2,1H3,(H,28,32)(H,29,34). The predicted molar refractivity (Wildman–Crippen MR) is 130 cm³/mol. The summed E-state index contributed by atoms with van der Waals surface area (Å²) in [5.74, 6) is -1.98. The van der Waals surface area contributed by atoms with E-state index in [1.807, 2.05) is 0 Å². The van der Waals surface area contributed by atoms with Gasteiger partial charge in [0.15, 0.2) is 0 Å². The summed E-state index contributed by atoms with van der Waals surface area (Å²) in [6.07, 6.45) is 3.70. The summed E-state index contributed by atoms with van der Waals surface area (Å²) >= 11 is 6.46. The van der Waals surface area contributed by atoms with Gasteiger partial charge in [-0.25, -0.2) is 9.18 Å². The van der Waals surface area contributed by atoms with Crippen molar-refractivity contribution in [3.8, 4) is 0 Å². The Morgan fingerprint density at radius 2 is 1.86 bits per heavy atom. The first kappa shape index (κ1) is 26.4. The monoisotopic (exact) mass is 505 g/mol. The highest BCUT2D eigenvalue weighted by molar-refractivity contribution is 6.31. The van der Waals surface area contributed by atoms with Gasteiger partial charge in [-0.3, -0.25) is 14.5 Å². The Kier molecular flexibility index (Phi) is 9.45. The van der Waals surface area contributed by atoms with Crippen molar-refractivity contribution in [3.63, 3.8) is 0 Å². The molecule has 10 heteroatoms. The van der Waals surface area contributed by atoms with Gasteiger partial charge < -0.3 is 20.5 Å². The Balaban J connectivity index is 2.11. The number of aliphatic hydroxyl groups is 1. The number of nitrogens with zero attached hydrogens (tertiary/aromatic N) is 1. The number of methoxy groups -OCH3 is 1. The fourth-order valence-corrected chi connectivity index (χ4v) is 4.44. The number of hydrogen-bond donors (Lipinski definition) is 3. The number of anilines is 1. The number of aliphatic hydroxyl groups excluding tert-OH is 1. The first-order chi connectivity index (χ1) is 16.8. The lowest BCUT2D eigenvalue weighted by atomic mass is 9.94. The van der Waals surface area contributed by atoms with E-state index in [4.69, 9.17) is 11.6 Å². The summed E-state index contributed by atoms with van der Waals surface area (Å²) in [5.41, 5.74) is 0.374. The van der Waals surface area contributed by atoms with Crippen LogP contribution in [0.1, 0.15) is 43.7 Å². The molecule has 3 amide bonds. The lowest BCUT2D eigenvalue weighted by molar-refractivity contribution is -0.128. The second kappa shape index (κ2) is 12.5. The van der Waals surface area contributed by atoms with E-state index in [9.17, 15) is 23.9 Å². The topological polar surface area (TPSA) is 108 Å². The van der Waals surface area contributed by atoms with E-state index in [1.165, 1.54) is 18.2 Å². The fourth-order valence-electron chi connectivity index (χ4n) is 4.21. The van der Waals surface area contributed by atoms with Crippen LogP contribution in [-0.4, -0.2) is 48.8 Å². The molecule has 35 heavy (non-hydrogen) atoms. The quantitative estimate of drug-likeness (QED) is 0.507. The normalized spacial score (nSPS) is 15.5. The Morgan fingerprint density at radius 3 is 2.49 bits per heavy atom. The molecule has 1 fully saturated rings. The first-order valence-corrected chi connectivity index (χ1v) is 11.8. The van der Waals surface area contributed by atoms with Crippen molar-refractivity contribution in [2.24, 2.45) is 0 Å². The molecule has 8 nitrogen and oxygen atoms in total. The molecule has 2 aromatic carbocycles. The van der Waals surface area contributed by atoms with Gasteiger partial charge in [0, 0.05) is 22.3 Å². The molecule has 0 heterocycles. The van der Waals surface area contributed by atoms with Crippen molar-refractivity contribution >= 4 is 35.2 Å². The van der Waals surface area contributed by atoms with Crippen molar-refractivity contribution in [2.45, 2.75) is 50.2 Å². The number of amides is 3. The van der Waals surface area contributed by atoms with E-state index in [0.29, 0.717) is 5.56 Å². The maximum absolute atomic E-state index is 14.3. The van der Waals surface area contributed by atoms with Gasteiger partial charge in [0.25, 0.3) is 5.91 Å². The average Bonchev–Trinajstić information content (AvgIpc) is 2.86. The molecule has 1 saturated carbocycles. The summed E-state index contributed by atoms with van der Waals surface area (Å²) in [6, 6.07) is 8.88. The van der Waals surface area contributed by atoms with Crippen molar-refractivity contribution in [2.75, 3.05) is 18.6 Å². The maximum Gasteiger partial charge on any atom is 0.407 e. The van der Waals surface area contributed by atoms with Crippen LogP contribution in [0.15, 0.2) is 48.5 Å². The molecular weight excluding hydrogens is 477 g/mol. The molecule has 2 atom stereocenters. The van der Waals surface area contributed by atoms with Gasteiger partial charge in [-0.2, -0.15) is 0 Å². The molecule has 0 aliphatic heterocycles. The number of rotatable bonds is 8. The van der Waals surface area contributed by atoms with Crippen LogP contribution in [0.5, 0.6) is 0 Å². The molecule has 0 aromatic heterocycles. The summed E-state index contributed by atoms with van der Waals surface area (Å²) < 4.78 is 18.8. The number of hydrogen-bond acceptors (Lipinski definition) is 5. The Morgan fingerprint density at radius 1 is 1.14 bits per heavy atom. The van der Waals surface area contributed by atoms with Crippen molar-refractivity contribution < 1.29 is 28.6 Å². The summed E-state index contributed by atoms with van der Waals surface area (Å²) in [4.78, 5) is 40.3. The van der Waals surface area contributed by atoms with Gasteiger partial charge in [0.05, 0.1) is 13.7 Å². The van der Waals surface area contributed by atoms with Crippen LogP contribution < -0.4 is 15.5 Å². The van der Waals surface area contributed by atoms with Gasteiger partial charge in [0.1, 0.15) is 17.9 Å². The molecule has 0 radical (unpaired) electrons. The minimum Gasteiger partial charge on any atom is -0.453 e. The van der Waals surface area contributed by atoms with E-state index >= 15 is 0 Å². The van der Waals surface area contributed by atoms with E-state index in [2.05, 4.69) is 15.4 Å². The van der Waals surface area contributed by atoms with Crippen LogP contribution in [-0.2, 0) is 14.3 Å². The number of nitrogens with one attached hydrogen (secondary N) is 2. The summed E-state index contributed by atoms with van der Waals surface area (Å²) in [6.45, 7) is -0.779. The van der Waals surface area contributed by atoms with Crippen LogP contribution in [0, 0.1) is 5.82 Å². The number of carbonyl (C=O) groups is 3. The van der Waals surface area contributed by atoms with Crippen LogP contribution >= 0.6 is 11.6 Å². The van der Waals surface area contributed by atoms with Crippen LogP contribution in [0.3, 0.4) is 0 Å². The summed E-state index contributed by atoms with van der Waals surface area (Å²) in [5, 5.41) is 15.4. The van der Waals surface area contributed by atoms with Crippen molar-refractivity contribution in [1.29, 1.82) is 0 Å². The number of ether oxygens (including phenoxy) is 1. The first-order valence-electron chi connectivity index (χ1n) is 11.4. The molecule has 2 unspecified atom stereocenters. The van der Waals surface area contributed by atoms with Gasteiger partial charge in [-0.1, -0.05) is 55.1 Å².